The molecule has 0 saturated carbocycles. The zero-order valence-corrected chi connectivity index (χ0v) is 24.8. The fraction of sp³-hybridized carbons (Fsp3) is 0.429. The van der Waals surface area contributed by atoms with E-state index < -0.39 is 17.7 Å². The number of carbonyl (C=O) groups is 2. The van der Waals surface area contributed by atoms with Gasteiger partial charge in [0, 0.05) is 12.1 Å². The molecule has 1 aliphatic heterocycles. The summed E-state index contributed by atoms with van der Waals surface area (Å²) in [7, 11) is 0. The highest BCUT2D eigenvalue weighted by Crippen LogP contribution is 2.40. The van der Waals surface area contributed by atoms with Crippen LogP contribution in [-0.2, 0) is 23.8 Å². The molecule has 1 aliphatic carbocycles. The molecule has 1 heterocycles. The van der Waals surface area contributed by atoms with Gasteiger partial charge in [0.15, 0.2) is 6.61 Å². The lowest BCUT2D eigenvalue weighted by Crippen LogP contribution is -2.34. The van der Waals surface area contributed by atoms with Crippen molar-refractivity contribution in [3.63, 3.8) is 0 Å². The van der Waals surface area contributed by atoms with Gasteiger partial charge in [-0.1, -0.05) is 36.4 Å². The van der Waals surface area contributed by atoms with Gasteiger partial charge in [-0.3, -0.25) is 4.79 Å². The van der Waals surface area contributed by atoms with E-state index >= 15 is 0 Å². The van der Waals surface area contributed by atoms with Gasteiger partial charge in [0.2, 0.25) is 0 Å². The maximum atomic E-state index is 12.8. The molecule has 0 unspecified atom stereocenters. The van der Waals surface area contributed by atoms with Gasteiger partial charge in [-0.25, -0.2) is 4.79 Å². The highest BCUT2D eigenvalue weighted by atomic mass is 19.4. The SMILES string of the molecule is O=C(O)COc1c(C2CCN(CCCCNC(=O)c3ccc(-c4ccc(C(F)(F)F)cc4)cc3)CC2)ccc2c1CCCC2. The molecule has 6 nitrogen and oxygen atoms in total. The van der Waals surface area contributed by atoms with Crippen LogP contribution >= 0.6 is 0 Å². The Morgan fingerprint density at radius 2 is 1.55 bits per heavy atom. The van der Waals surface area contributed by atoms with Crippen molar-refractivity contribution in [2.45, 2.75) is 63.5 Å². The third-order valence-corrected chi connectivity index (χ3v) is 8.76. The number of benzene rings is 3. The van der Waals surface area contributed by atoms with Crippen LogP contribution in [0.15, 0.2) is 60.7 Å². The van der Waals surface area contributed by atoms with E-state index in [2.05, 4.69) is 22.3 Å². The number of alkyl halides is 3. The molecule has 0 atom stereocenters. The van der Waals surface area contributed by atoms with Gasteiger partial charge in [-0.2, -0.15) is 13.2 Å². The topological polar surface area (TPSA) is 78.9 Å². The molecule has 1 fully saturated rings. The van der Waals surface area contributed by atoms with Crippen molar-refractivity contribution >= 4 is 11.9 Å². The van der Waals surface area contributed by atoms with Crippen LogP contribution in [0.5, 0.6) is 5.75 Å². The molecule has 3 aromatic rings. The Morgan fingerprint density at radius 3 is 2.20 bits per heavy atom. The lowest BCUT2D eigenvalue weighted by molar-refractivity contribution is -0.139. The number of unbranched alkanes of at least 4 members (excludes halogenated alkanes) is 1. The number of amides is 1. The lowest BCUT2D eigenvalue weighted by Gasteiger charge is -2.34. The average Bonchev–Trinajstić information content (AvgIpc) is 3.03. The van der Waals surface area contributed by atoms with Crippen LogP contribution in [0, 0.1) is 0 Å². The third kappa shape index (κ3) is 8.00. The van der Waals surface area contributed by atoms with Crippen LogP contribution in [0.1, 0.15) is 77.1 Å². The number of hydrogen-bond acceptors (Lipinski definition) is 4. The summed E-state index contributed by atoms with van der Waals surface area (Å²) in [6.07, 6.45) is 3.69. The minimum atomic E-state index is -4.37. The molecule has 234 valence electrons. The third-order valence-electron chi connectivity index (χ3n) is 8.76. The van der Waals surface area contributed by atoms with Gasteiger partial charge in [-0.15, -0.1) is 0 Å². The highest BCUT2D eigenvalue weighted by Gasteiger charge is 2.30. The summed E-state index contributed by atoms with van der Waals surface area (Å²) in [6.45, 7) is 3.15. The molecule has 1 saturated heterocycles. The number of likely N-dealkylation sites (tertiary alicyclic amines) is 1. The van der Waals surface area contributed by atoms with E-state index in [0.717, 1.165) is 100 Å². The summed E-state index contributed by atoms with van der Waals surface area (Å²) in [5.74, 6) is 0.0425. The maximum absolute atomic E-state index is 12.8. The van der Waals surface area contributed by atoms with Crippen molar-refractivity contribution in [3.05, 3.63) is 88.5 Å². The van der Waals surface area contributed by atoms with Crippen molar-refractivity contribution in [2.75, 3.05) is 32.8 Å². The second-order valence-electron chi connectivity index (χ2n) is 11.7. The molecule has 2 aliphatic rings. The minimum Gasteiger partial charge on any atom is -0.481 e. The number of nitrogens with zero attached hydrogens (tertiary/aromatic N) is 1. The Labute approximate surface area is 256 Å². The number of piperidine rings is 1. The number of hydrogen-bond donors (Lipinski definition) is 2. The van der Waals surface area contributed by atoms with Crippen molar-refractivity contribution in [1.82, 2.24) is 10.2 Å². The number of carboxylic acids is 1. The molecule has 0 spiro atoms. The number of nitrogens with one attached hydrogen (secondary N) is 1. The van der Waals surface area contributed by atoms with Crippen LogP contribution in [0.25, 0.3) is 11.1 Å². The Balaban J connectivity index is 1.04. The minimum absolute atomic E-state index is 0.171. The number of halogens is 3. The van der Waals surface area contributed by atoms with Crippen LogP contribution in [-0.4, -0.2) is 54.7 Å². The predicted octanol–water partition coefficient (Wildman–Crippen LogP) is 7.10. The van der Waals surface area contributed by atoms with E-state index in [4.69, 9.17) is 4.74 Å². The smallest absolute Gasteiger partial charge is 0.416 e. The number of carboxylic acid groups (broad SMARTS) is 1. The van der Waals surface area contributed by atoms with E-state index in [1.54, 1.807) is 24.3 Å². The van der Waals surface area contributed by atoms with Crippen molar-refractivity contribution in [3.8, 4) is 16.9 Å². The monoisotopic (exact) mass is 608 g/mol. The van der Waals surface area contributed by atoms with Gasteiger partial charge >= 0.3 is 12.1 Å². The first-order chi connectivity index (χ1) is 21.2. The first-order valence-electron chi connectivity index (χ1n) is 15.5. The van der Waals surface area contributed by atoms with Crippen LogP contribution in [0.2, 0.25) is 0 Å². The van der Waals surface area contributed by atoms with E-state index in [-0.39, 0.29) is 12.5 Å². The number of aryl methyl sites for hydroxylation is 1. The average molecular weight is 609 g/mol. The summed E-state index contributed by atoms with van der Waals surface area (Å²) >= 11 is 0. The molecule has 0 radical (unpaired) electrons. The zero-order chi connectivity index (χ0) is 31.1. The van der Waals surface area contributed by atoms with Crippen LogP contribution in [0.4, 0.5) is 13.2 Å². The molecule has 44 heavy (non-hydrogen) atoms. The molecule has 3 aromatic carbocycles. The molecule has 0 bridgehead atoms. The molecule has 1 amide bonds. The van der Waals surface area contributed by atoms with Crippen LogP contribution in [0.3, 0.4) is 0 Å². The fourth-order valence-electron chi connectivity index (χ4n) is 6.34. The summed E-state index contributed by atoms with van der Waals surface area (Å²) in [5.41, 5.74) is 4.87. The van der Waals surface area contributed by atoms with E-state index in [0.29, 0.717) is 23.6 Å². The lowest BCUT2D eigenvalue weighted by atomic mass is 9.83. The predicted molar refractivity (Wildman–Crippen MR) is 163 cm³/mol. The largest absolute Gasteiger partial charge is 0.481 e. The Kier molecular flexibility index (Phi) is 10.3. The maximum Gasteiger partial charge on any atom is 0.416 e. The van der Waals surface area contributed by atoms with E-state index in [9.17, 15) is 27.9 Å². The zero-order valence-electron chi connectivity index (χ0n) is 24.8. The van der Waals surface area contributed by atoms with Gasteiger partial charge in [0.05, 0.1) is 5.56 Å². The molecular formula is C35H39F3N2O4. The second-order valence-corrected chi connectivity index (χ2v) is 11.7. The van der Waals surface area contributed by atoms with Crippen molar-refractivity contribution < 1.29 is 32.6 Å². The summed E-state index contributed by atoms with van der Waals surface area (Å²) < 4.78 is 44.3. The first-order valence-corrected chi connectivity index (χ1v) is 15.5. The molecular weight excluding hydrogens is 569 g/mol. The molecule has 0 aromatic heterocycles. The summed E-state index contributed by atoms with van der Waals surface area (Å²) in [4.78, 5) is 26.3. The van der Waals surface area contributed by atoms with Crippen molar-refractivity contribution in [1.29, 1.82) is 0 Å². The first kappa shape index (κ1) is 31.6. The van der Waals surface area contributed by atoms with Gasteiger partial charge < -0.3 is 20.1 Å². The number of rotatable bonds is 11. The summed E-state index contributed by atoms with van der Waals surface area (Å²) in [6, 6.07) is 16.2. The number of aliphatic carboxylic acids is 1. The normalized spacial score (nSPS) is 15.9. The van der Waals surface area contributed by atoms with Gasteiger partial charge in [-0.05, 0) is 129 Å². The molecule has 2 N–H and O–H groups in total. The van der Waals surface area contributed by atoms with Crippen molar-refractivity contribution in [2.24, 2.45) is 0 Å². The molecule has 9 heteroatoms. The van der Waals surface area contributed by atoms with Crippen LogP contribution < -0.4 is 10.1 Å². The van der Waals surface area contributed by atoms with E-state index in [1.807, 2.05) is 0 Å². The Hall–Kier alpha value is -3.85. The Bertz CT molecular complexity index is 1430. The number of fused-ring (bicyclic) bond motifs is 1. The number of ether oxygens (including phenoxy) is 1. The second kappa shape index (κ2) is 14.3. The Morgan fingerprint density at radius 1 is 0.886 bits per heavy atom. The molecule has 5 rings (SSSR count). The fourth-order valence-corrected chi connectivity index (χ4v) is 6.34. The van der Waals surface area contributed by atoms with Gasteiger partial charge in [0.25, 0.3) is 5.91 Å². The quantitative estimate of drug-likeness (QED) is 0.227. The van der Waals surface area contributed by atoms with Gasteiger partial charge in [0.1, 0.15) is 5.75 Å². The highest BCUT2D eigenvalue weighted by molar-refractivity contribution is 5.94. The van der Waals surface area contributed by atoms with E-state index in [1.165, 1.54) is 23.3 Å². The number of carbonyl (C=O) groups excluding carboxylic acids is 1. The standard InChI is InChI=1S/C35H39F3N2O4/c36-35(37,38)29-14-11-25(12-15-29)24-7-9-28(10-8-24)34(43)39-19-3-4-20-40-21-17-27(18-22-40)31-16-13-26-5-1-2-6-30(26)33(31)44-23-32(41)42/h7-16,27H,1-6,17-23H2,(H,39,43)(H,41,42). The summed E-state index contributed by atoms with van der Waals surface area (Å²) in [5, 5.41) is 12.2.